The van der Waals surface area contributed by atoms with Crippen molar-refractivity contribution in [1.29, 1.82) is 0 Å². The third kappa shape index (κ3) is 5.36. The van der Waals surface area contributed by atoms with E-state index in [2.05, 4.69) is 40.3 Å². The normalized spacial score (nSPS) is 21.0. The summed E-state index contributed by atoms with van der Waals surface area (Å²) in [6.07, 6.45) is 0.366. The first kappa shape index (κ1) is 23.5. The Bertz CT molecular complexity index is 974. The Hall–Kier alpha value is -1.16. The van der Waals surface area contributed by atoms with Gasteiger partial charge in [0.2, 0.25) is 10.0 Å². The molecule has 1 atom stereocenters. The molecule has 0 radical (unpaired) electrons. The van der Waals surface area contributed by atoms with E-state index in [9.17, 15) is 13.2 Å². The van der Waals surface area contributed by atoms with Gasteiger partial charge in [0.05, 0.1) is 14.1 Å². The predicted octanol–water partition coefficient (Wildman–Crippen LogP) is 4.59. The average Bonchev–Trinajstić information content (AvgIpc) is 2.83. The minimum atomic E-state index is -3.61. The number of hydrogen-bond donors (Lipinski definition) is 1. The van der Waals surface area contributed by atoms with Crippen molar-refractivity contribution in [3.05, 3.63) is 44.9 Å². The molecular formula is C21H31BrN2O4SSi. The summed E-state index contributed by atoms with van der Waals surface area (Å²) < 4.78 is 35.0. The molecule has 1 aromatic rings. The zero-order chi connectivity index (χ0) is 22.5. The number of carbonyl (C=O) groups excluding carboxylic acids is 1. The lowest BCUT2D eigenvalue weighted by Gasteiger charge is -2.51. The molecule has 0 aromatic heterocycles. The highest BCUT2D eigenvalue weighted by atomic mass is 79.9. The number of amides is 1. The second-order valence-electron chi connectivity index (χ2n) is 10.5. The number of halogens is 1. The van der Waals surface area contributed by atoms with Gasteiger partial charge >= 0.3 is 6.09 Å². The Balaban J connectivity index is 1.86. The van der Waals surface area contributed by atoms with Gasteiger partial charge in [-0.25, -0.2) is 17.9 Å². The number of ether oxygens (including phenoxy) is 1. The fourth-order valence-electron chi connectivity index (χ4n) is 3.96. The summed E-state index contributed by atoms with van der Waals surface area (Å²) in [5.74, 6) is 0. The third-order valence-corrected chi connectivity index (χ3v) is 8.23. The van der Waals surface area contributed by atoms with Gasteiger partial charge in [0.25, 0.3) is 0 Å². The van der Waals surface area contributed by atoms with Gasteiger partial charge in [-0.15, -0.1) is 0 Å². The van der Waals surface area contributed by atoms with Gasteiger partial charge in [-0.3, -0.25) is 0 Å². The lowest BCUT2D eigenvalue weighted by Crippen LogP contribution is -2.63. The standard InChI is InChI=1S/C21H31BrN2O4SSi/c1-20(2,3)28-19(25)24-13-21(14-24)12-15-7-8-16(22)11-17(15)18(21)23-29(26,27)9-10-30(4,5)6/h7-11,18,23H,12-14H2,1-6H3/b10-9+. The van der Waals surface area contributed by atoms with Crippen LogP contribution in [0.15, 0.2) is 33.8 Å². The van der Waals surface area contributed by atoms with Crippen molar-refractivity contribution in [3.63, 3.8) is 0 Å². The number of rotatable bonds is 4. The summed E-state index contributed by atoms with van der Waals surface area (Å²) in [5.41, 5.74) is 2.99. The molecule has 1 N–H and O–H groups in total. The average molecular weight is 516 g/mol. The van der Waals surface area contributed by atoms with Gasteiger partial charge in [-0.2, -0.15) is 0 Å². The molecule has 9 heteroatoms. The van der Waals surface area contributed by atoms with Crippen LogP contribution >= 0.6 is 15.9 Å². The van der Waals surface area contributed by atoms with Crippen LogP contribution < -0.4 is 4.72 Å². The quantitative estimate of drug-likeness (QED) is 0.595. The Labute approximate surface area is 189 Å². The van der Waals surface area contributed by atoms with Gasteiger partial charge in [0.1, 0.15) is 5.60 Å². The van der Waals surface area contributed by atoms with E-state index >= 15 is 0 Å². The van der Waals surface area contributed by atoms with Gasteiger partial charge in [-0.05, 0) is 50.5 Å². The van der Waals surface area contributed by atoms with E-state index in [0.29, 0.717) is 13.1 Å². The van der Waals surface area contributed by atoms with Crippen molar-refractivity contribution in [2.45, 2.75) is 58.5 Å². The molecule has 6 nitrogen and oxygen atoms in total. The number of sulfonamides is 1. The molecule has 2 aliphatic rings. The summed E-state index contributed by atoms with van der Waals surface area (Å²) >= 11 is 3.50. The van der Waals surface area contributed by atoms with Crippen LogP contribution in [0.3, 0.4) is 0 Å². The van der Waals surface area contributed by atoms with Crippen LogP contribution in [0.4, 0.5) is 4.79 Å². The number of carbonyl (C=O) groups is 1. The number of nitrogens with zero attached hydrogens (tertiary/aromatic N) is 1. The Morgan fingerprint density at radius 3 is 2.50 bits per heavy atom. The molecule has 1 aliphatic carbocycles. The van der Waals surface area contributed by atoms with E-state index in [4.69, 9.17) is 4.74 Å². The topological polar surface area (TPSA) is 75.7 Å². The van der Waals surface area contributed by atoms with Crippen molar-refractivity contribution in [2.75, 3.05) is 13.1 Å². The molecule has 1 amide bonds. The zero-order valence-electron chi connectivity index (χ0n) is 18.5. The smallest absolute Gasteiger partial charge is 0.410 e. The third-order valence-electron chi connectivity index (χ3n) is 5.27. The predicted molar refractivity (Wildman–Crippen MR) is 125 cm³/mol. The molecular weight excluding hydrogens is 484 g/mol. The number of likely N-dealkylation sites (tertiary alicyclic amines) is 1. The van der Waals surface area contributed by atoms with Gasteiger partial charge in [0, 0.05) is 28.4 Å². The minimum Gasteiger partial charge on any atom is -0.444 e. The van der Waals surface area contributed by atoms with Gasteiger partial charge in [0.15, 0.2) is 0 Å². The zero-order valence-corrected chi connectivity index (χ0v) is 21.9. The molecule has 1 unspecified atom stereocenters. The molecule has 1 aliphatic heterocycles. The Morgan fingerprint density at radius 1 is 1.30 bits per heavy atom. The maximum Gasteiger partial charge on any atom is 0.410 e. The molecule has 1 aromatic carbocycles. The number of benzene rings is 1. The van der Waals surface area contributed by atoms with Crippen molar-refractivity contribution < 1.29 is 17.9 Å². The maximum absolute atomic E-state index is 12.9. The van der Waals surface area contributed by atoms with Crippen LogP contribution in [0, 0.1) is 5.41 Å². The first-order valence-electron chi connectivity index (χ1n) is 10.1. The summed E-state index contributed by atoms with van der Waals surface area (Å²) in [4.78, 5) is 14.1. The van der Waals surface area contributed by atoms with Gasteiger partial charge in [-0.1, -0.05) is 47.3 Å². The van der Waals surface area contributed by atoms with E-state index in [0.717, 1.165) is 22.0 Å². The number of fused-ring (bicyclic) bond motifs is 1. The number of hydrogen-bond acceptors (Lipinski definition) is 4. The highest BCUT2D eigenvalue weighted by molar-refractivity contribution is 9.10. The minimum absolute atomic E-state index is 0.356. The SMILES string of the molecule is CC(C)(C)OC(=O)N1CC2(Cc3ccc(Br)cc3C2NS(=O)(=O)/C=C/[Si](C)(C)C)C1. The first-order chi connectivity index (χ1) is 13.6. The van der Waals surface area contributed by atoms with Crippen molar-refractivity contribution in [2.24, 2.45) is 5.41 Å². The largest absolute Gasteiger partial charge is 0.444 e. The summed E-state index contributed by atoms with van der Waals surface area (Å²) in [7, 11) is -5.27. The van der Waals surface area contributed by atoms with Crippen LogP contribution in [-0.2, 0) is 21.2 Å². The second kappa shape index (κ2) is 7.76. The van der Waals surface area contributed by atoms with Crippen molar-refractivity contribution in [1.82, 2.24) is 9.62 Å². The number of nitrogens with one attached hydrogen (secondary N) is 1. The van der Waals surface area contributed by atoms with Crippen LogP contribution in [0.1, 0.15) is 37.9 Å². The van der Waals surface area contributed by atoms with Crippen LogP contribution in [0.25, 0.3) is 0 Å². The Kier molecular flexibility index (Phi) is 6.08. The molecule has 1 saturated heterocycles. The van der Waals surface area contributed by atoms with Crippen LogP contribution in [0.5, 0.6) is 0 Å². The van der Waals surface area contributed by atoms with E-state index in [1.165, 1.54) is 5.41 Å². The fourth-order valence-corrected chi connectivity index (χ4v) is 7.47. The van der Waals surface area contributed by atoms with Crippen LogP contribution in [-0.4, -0.2) is 46.2 Å². The molecule has 1 heterocycles. The molecule has 1 fully saturated rings. The fraction of sp³-hybridized carbons (Fsp3) is 0.571. The van der Waals surface area contributed by atoms with E-state index < -0.39 is 23.7 Å². The molecule has 30 heavy (non-hydrogen) atoms. The lowest BCUT2D eigenvalue weighted by molar-refractivity contribution is -0.0420. The monoisotopic (exact) mass is 514 g/mol. The molecule has 0 saturated carbocycles. The summed E-state index contributed by atoms with van der Waals surface area (Å²) in [6, 6.07) is 5.60. The van der Waals surface area contributed by atoms with Crippen molar-refractivity contribution >= 4 is 40.1 Å². The highest BCUT2D eigenvalue weighted by Crippen LogP contribution is 2.52. The molecule has 1 spiro atoms. The van der Waals surface area contributed by atoms with Gasteiger partial charge < -0.3 is 9.64 Å². The summed E-state index contributed by atoms with van der Waals surface area (Å²) in [6.45, 7) is 12.7. The summed E-state index contributed by atoms with van der Waals surface area (Å²) in [5, 5.41) is 1.31. The van der Waals surface area contributed by atoms with Crippen molar-refractivity contribution in [3.8, 4) is 0 Å². The molecule has 3 rings (SSSR count). The maximum atomic E-state index is 12.9. The first-order valence-corrected chi connectivity index (χ1v) is 16.0. The molecule has 0 bridgehead atoms. The lowest BCUT2D eigenvalue weighted by atomic mass is 9.74. The van der Waals surface area contributed by atoms with E-state index in [1.807, 2.05) is 44.7 Å². The second-order valence-corrected chi connectivity index (χ2v) is 18.1. The highest BCUT2D eigenvalue weighted by Gasteiger charge is 2.56. The van der Waals surface area contributed by atoms with E-state index in [-0.39, 0.29) is 17.6 Å². The molecule has 166 valence electrons. The Morgan fingerprint density at radius 2 is 1.93 bits per heavy atom. The van der Waals surface area contributed by atoms with Crippen LogP contribution in [0.2, 0.25) is 19.6 Å². The van der Waals surface area contributed by atoms with E-state index in [1.54, 1.807) is 4.90 Å².